The molecular weight excluding hydrogens is 244 g/mol. The Morgan fingerprint density at radius 1 is 1.26 bits per heavy atom. The van der Waals surface area contributed by atoms with Gasteiger partial charge in [-0.25, -0.2) is 9.59 Å². The summed E-state index contributed by atoms with van der Waals surface area (Å²) in [5.74, 6) is -0.340. The highest BCUT2D eigenvalue weighted by atomic mass is 16.5. The van der Waals surface area contributed by atoms with Gasteiger partial charge in [0.25, 0.3) is 0 Å². The first-order valence-electron chi connectivity index (χ1n) is 7.05. The maximum absolute atomic E-state index is 11.9. The van der Waals surface area contributed by atoms with Crippen molar-refractivity contribution in [2.24, 2.45) is 0 Å². The van der Waals surface area contributed by atoms with Crippen molar-refractivity contribution >= 4 is 12.0 Å². The molecule has 1 heterocycles. The maximum atomic E-state index is 11.9. The Hall–Kier alpha value is -1.52. The number of nitrogens with one attached hydrogen (secondary N) is 2. The van der Waals surface area contributed by atoms with Gasteiger partial charge >= 0.3 is 12.0 Å². The summed E-state index contributed by atoms with van der Waals surface area (Å²) in [5, 5.41) is 5.43. The number of hydrogen-bond donors (Lipinski definition) is 2. The van der Waals surface area contributed by atoms with Crippen molar-refractivity contribution in [2.45, 2.75) is 58.9 Å². The fourth-order valence-corrected chi connectivity index (χ4v) is 2.26. The predicted molar refractivity (Wildman–Crippen MR) is 73.5 cm³/mol. The highest BCUT2D eigenvalue weighted by molar-refractivity contribution is 5.94. The van der Waals surface area contributed by atoms with Crippen molar-refractivity contribution in [3.63, 3.8) is 0 Å². The van der Waals surface area contributed by atoms with E-state index in [-0.39, 0.29) is 18.0 Å². The lowest BCUT2D eigenvalue weighted by Crippen LogP contribution is -2.49. The van der Waals surface area contributed by atoms with Crippen LogP contribution in [0.2, 0.25) is 0 Å². The van der Waals surface area contributed by atoms with E-state index in [2.05, 4.69) is 17.6 Å². The third-order valence-electron chi connectivity index (χ3n) is 3.20. The van der Waals surface area contributed by atoms with Gasteiger partial charge in [0.2, 0.25) is 0 Å². The Morgan fingerprint density at radius 3 is 2.63 bits per heavy atom. The van der Waals surface area contributed by atoms with Crippen molar-refractivity contribution in [2.75, 3.05) is 6.61 Å². The Kier molecular flexibility index (Phi) is 6.39. The minimum Gasteiger partial charge on any atom is -0.463 e. The summed E-state index contributed by atoms with van der Waals surface area (Å²) in [6.07, 6.45) is 5.23. The first-order chi connectivity index (χ1) is 9.10. The standard InChI is InChI=1S/C14H24N2O3/c1-4-6-7-8-9-11-12(13(17)19-5-2)10(3)15-14(18)16-11/h11H,4-9H2,1-3H3,(H2,15,16,18)/t11-/m1/s1. The molecule has 0 saturated heterocycles. The molecule has 1 rings (SSSR count). The molecule has 0 spiro atoms. The molecule has 5 nitrogen and oxygen atoms in total. The number of unbranched alkanes of at least 4 members (excludes halogenated alkanes) is 3. The molecule has 0 bridgehead atoms. The number of allylic oxidation sites excluding steroid dienone is 1. The molecule has 19 heavy (non-hydrogen) atoms. The minimum atomic E-state index is -0.340. The second kappa shape index (κ2) is 7.81. The molecule has 5 heteroatoms. The molecule has 1 aliphatic heterocycles. The van der Waals surface area contributed by atoms with Gasteiger partial charge in [-0.3, -0.25) is 0 Å². The third-order valence-corrected chi connectivity index (χ3v) is 3.20. The van der Waals surface area contributed by atoms with Crippen LogP contribution in [0, 0.1) is 0 Å². The maximum Gasteiger partial charge on any atom is 0.337 e. The average Bonchev–Trinajstić information content (AvgIpc) is 2.34. The summed E-state index contributed by atoms with van der Waals surface area (Å²) in [7, 11) is 0. The zero-order chi connectivity index (χ0) is 14.3. The lowest BCUT2D eigenvalue weighted by Gasteiger charge is -2.27. The van der Waals surface area contributed by atoms with Crippen molar-refractivity contribution < 1.29 is 14.3 Å². The molecule has 2 N–H and O–H groups in total. The van der Waals surface area contributed by atoms with Crippen LogP contribution in [-0.4, -0.2) is 24.6 Å². The first-order valence-corrected chi connectivity index (χ1v) is 7.05. The summed E-state index contributed by atoms with van der Waals surface area (Å²) >= 11 is 0. The van der Waals surface area contributed by atoms with E-state index in [1.165, 1.54) is 6.42 Å². The summed E-state index contributed by atoms with van der Waals surface area (Å²) in [6.45, 7) is 6.01. The normalized spacial score (nSPS) is 18.9. The van der Waals surface area contributed by atoms with Crippen LogP contribution in [-0.2, 0) is 9.53 Å². The van der Waals surface area contributed by atoms with Crippen LogP contribution in [0.5, 0.6) is 0 Å². The van der Waals surface area contributed by atoms with Gasteiger partial charge in [-0.1, -0.05) is 32.6 Å². The first kappa shape index (κ1) is 15.5. The largest absolute Gasteiger partial charge is 0.463 e. The fraction of sp³-hybridized carbons (Fsp3) is 0.714. The number of urea groups is 1. The van der Waals surface area contributed by atoms with Gasteiger partial charge in [0.15, 0.2) is 0 Å². The van der Waals surface area contributed by atoms with Crippen LogP contribution >= 0.6 is 0 Å². The lowest BCUT2D eigenvalue weighted by atomic mass is 9.97. The van der Waals surface area contributed by atoms with Crippen LogP contribution in [0.1, 0.15) is 52.9 Å². The summed E-state index contributed by atoms with van der Waals surface area (Å²) in [6, 6.07) is -0.476. The molecule has 0 unspecified atom stereocenters. The van der Waals surface area contributed by atoms with E-state index in [1.54, 1.807) is 13.8 Å². The molecule has 0 aromatic carbocycles. The van der Waals surface area contributed by atoms with Crippen LogP contribution in [0.25, 0.3) is 0 Å². The van der Waals surface area contributed by atoms with Crippen LogP contribution in [0.4, 0.5) is 4.79 Å². The molecule has 0 aromatic rings. The Morgan fingerprint density at radius 2 is 2.00 bits per heavy atom. The number of carbonyl (C=O) groups is 2. The van der Waals surface area contributed by atoms with Crippen LogP contribution in [0.3, 0.4) is 0 Å². The highest BCUT2D eigenvalue weighted by Crippen LogP contribution is 2.19. The van der Waals surface area contributed by atoms with E-state index in [0.717, 1.165) is 25.7 Å². The zero-order valence-corrected chi connectivity index (χ0v) is 12.0. The number of carbonyl (C=O) groups excluding carboxylic acids is 2. The van der Waals surface area contributed by atoms with Crippen LogP contribution < -0.4 is 10.6 Å². The number of esters is 1. The molecule has 0 saturated carbocycles. The second-order valence-corrected chi connectivity index (χ2v) is 4.76. The topological polar surface area (TPSA) is 67.4 Å². The number of hydrogen-bond acceptors (Lipinski definition) is 3. The summed E-state index contributed by atoms with van der Waals surface area (Å²) in [4.78, 5) is 23.4. The molecule has 0 aliphatic carbocycles. The molecule has 2 amide bonds. The number of rotatable bonds is 7. The van der Waals surface area contributed by atoms with E-state index in [4.69, 9.17) is 4.74 Å². The van der Waals surface area contributed by atoms with E-state index in [0.29, 0.717) is 17.9 Å². The minimum absolute atomic E-state index is 0.232. The molecule has 0 fully saturated rings. The Bertz CT molecular complexity index is 364. The van der Waals surface area contributed by atoms with E-state index < -0.39 is 0 Å². The average molecular weight is 268 g/mol. The fourth-order valence-electron chi connectivity index (χ4n) is 2.26. The van der Waals surface area contributed by atoms with Crippen LogP contribution in [0.15, 0.2) is 11.3 Å². The highest BCUT2D eigenvalue weighted by Gasteiger charge is 2.30. The molecule has 1 aliphatic rings. The van der Waals surface area contributed by atoms with Gasteiger partial charge in [0.1, 0.15) is 0 Å². The number of amides is 2. The van der Waals surface area contributed by atoms with E-state index in [9.17, 15) is 9.59 Å². The summed E-state index contributed by atoms with van der Waals surface area (Å²) < 4.78 is 5.06. The van der Waals surface area contributed by atoms with Crippen molar-refractivity contribution in [1.29, 1.82) is 0 Å². The van der Waals surface area contributed by atoms with Gasteiger partial charge in [-0.2, -0.15) is 0 Å². The quantitative estimate of drug-likeness (QED) is 0.550. The molecule has 1 atom stereocenters. The van der Waals surface area contributed by atoms with Crippen molar-refractivity contribution in [3.8, 4) is 0 Å². The second-order valence-electron chi connectivity index (χ2n) is 4.76. The monoisotopic (exact) mass is 268 g/mol. The Labute approximate surface area is 114 Å². The predicted octanol–water partition coefficient (Wildman–Crippen LogP) is 2.48. The SMILES string of the molecule is CCCCCC[C@H]1NC(=O)NC(C)=C1C(=O)OCC. The smallest absolute Gasteiger partial charge is 0.337 e. The Balaban J connectivity index is 2.70. The summed E-state index contributed by atoms with van der Waals surface area (Å²) in [5.41, 5.74) is 1.15. The molecule has 108 valence electrons. The van der Waals surface area contributed by atoms with Gasteiger partial charge in [0, 0.05) is 5.70 Å². The lowest BCUT2D eigenvalue weighted by molar-refractivity contribution is -0.139. The molecule has 0 aromatic heterocycles. The molecule has 0 radical (unpaired) electrons. The van der Waals surface area contributed by atoms with Crippen molar-refractivity contribution in [3.05, 3.63) is 11.3 Å². The van der Waals surface area contributed by atoms with Gasteiger partial charge in [0.05, 0.1) is 18.2 Å². The van der Waals surface area contributed by atoms with Gasteiger partial charge in [-0.15, -0.1) is 0 Å². The van der Waals surface area contributed by atoms with Gasteiger partial charge < -0.3 is 15.4 Å². The van der Waals surface area contributed by atoms with E-state index in [1.807, 2.05) is 0 Å². The van der Waals surface area contributed by atoms with Crippen molar-refractivity contribution in [1.82, 2.24) is 10.6 Å². The molecular formula is C14H24N2O3. The van der Waals surface area contributed by atoms with E-state index >= 15 is 0 Å². The number of ether oxygens (including phenoxy) is 1. The zero-order valence-electron chi connectivity index (χ0n) is 12.0. The van der Waals surface area contributed by atoms with Gasteiger partial charge in [-0.05, 0) is 20.3 Å². The third kappa shape index (κ3) is 4.58.